The molecule has 0 atom stereocenters. The summed E-state index contributed by atoms with van der Waals surface area (Å²) in [7, 11) is -1.78. The Morgan fingerprint density at radius 1 is 1.07 bits per heavy atom. The van der Waals surface area contributed by atoms with E-state index in [9.17, 15) is 0 Å². The Bertz CT molecular complexity index is 195. The van der Waals surface area contributed by atoms with Crippen molar-refractivity contribution in [2.45, 2.75) is 64.6 Å². The summed E-state index contributed by atoms with van der Waals surface area (Å²) in [6, 6.07) is 1.55. The Labute approximate surface area is 100 Å². The predicted molar refractivity (Wildman–Crippen MR) is 81.3 cm³/mol. The highest BCUT2D eigenvalue weighted by Gasteiger charge is 2.42. The maximum atomic E-state index is 3.80. The summed E-state index contributed by atoms with van der Waals surface area (Å²) in [6.45, 7) is 19.5. The standard InChI is InChI=1S/C12H29Si3/c1-8-9-10-11-12-14(4,5)15(6,7)13(2)3/h8H,1,9-12H2,2-7H3. The molecule has 0 aromatic carbocycles. The summed E-state index contributed by atoms with van der Waals surface area (Å²) in [5.74, 6) is 0. The fourth-order valence-corrected chi connectivity index (χ4v) is 24.7. The van der Waals surface area contributed by atoms with E-state index in [-0.39, 0.29) is 8.31 Å². The highest BCUT2D eigenvalue weighted by atomic mass is 29.6. The molecule has 0 heterocycles. The Morgan fingerprint density at radius 2 is 1.60 bits per heavy atom. The Balaban J connectivity index is 4.21. The van der Waals surface area contributed by atoms with Crippen LogP contribution in [-0.4, -0.2) is 23.0 Å². The lowest BCUT2D eigenvalue weighted by atomic mass is 10.2. The number of rotatable bonds is 7. The summed E-state index contributed by atoms with van der Waals surface area (Å²) >= 11 is 0. The van der Waals surface area contributed by atoms with Gasteiger partial charge in [0.25, 0.3) is 0 Å². The van der Waals surface area contributed by atoms with Crippen LogP contribution >= 0.6 is 0 Å². The van der Waals surface area contributed by atoms with Crippen molar-refractivity contribution in [1.29, 1.82) is 0 Å². The molecule has 0 bridgehead atoms. The lowest BCUT2D eigenvalue weighted by Crippen LogP contribution is -2.62. The van der Waals surface area contributed by atoms with E-state index in [0.717, 1.165) is 0 Å². The van der Waals surface area contributed by atoms with Gasteiger partial charge in [0.2, 0.25) is 0 Å². The van der Waals surface area contributed by atoms with Crippen LogP contribution in [0.1, 0.15) is 19.3 Å². The highest BCUT2D eigenvalue weighted by Crippen LogP contribution is 2.27. The van der Waals surface area contributed by atoms with E-state index < -0.39 is 14.7 Å². The van der Waals surface area contributed by atoms with E-state index in [1.165, 1.54) is 19.3 Å². The summed E-state index contributed by atoms with van der Waals surface area (Å²) in [4.78, 5) is 0. The first kappa shape index (κ1) is 15.4. The molecule has 0 spiro atoms. The third kappa shape index (κ3) is 4.41. The van der Waals surface area contributed by atoms with Gasteiger partial charge in [0.15, 0.2) is 0 Å². The Morgan fingerprint density at radius 3 is 2.00 bits per heavy atom. The molecule has 0 rings (SSSR count). The quantitative estimate of drug-likeness (QED) is 0.353. The van der Waals surface area contributed by atoms with Crippen molar-refractivity contribution in [2.24, 2.45) is 0 Å². The molecule has 1 radical (unpaired) electrons. The van der Waals surface area contributed by atoms with Gasteiger partial charge in [0, 0.05) is 23.0 Å². The van der Waals surface area contributed by atoms with Crippen LogP contribution in [0.25, 0.3) is 0 Å². The van der Waals surface area contributed by atoms with Crippen LogP contribution in [0, 0.1) is 0 Å². The first-order chi connectivity index (χ1) is 6.75. The molecule has 0 N–H and O–H groups in total. The molecule has 0 aromatic rings. The highest BCUT2D eigenvalue weighted by molar-refractivity contribution is 7.63. The molecule has 3 heteroatoms. The first-order valence-corrected chi connectivity index (χ1v) is 16.9. The van der Waals surface area contributed by atoms with Gasteiger partial charge in [-0.1, -0.05) is 64.2 Å². The number of unbranched alkanes of at least 4 members (excludes halogenated alkanes) is 2. The van der Waals surface area contributed by atoms with Gasteiger partial charge in [-0.25, -0.2) is 0 Å². The minimum Gasteiger partial charge on any atom is -0.103 e. The van der Waals surface area contributed by atoms with Gasteiger partial charge < -0.3 is 0 Å². The second-order valence-electron chi connectivity index (χ2n) is 6.04. The zero-order chi connectivity index (χ0) is 12.1. The molecule has 0 aliphatic carbocycles. The van der Waals surface area contributed by atoms with Crippen LogP contribution < -0.4 is 0 Å². The molecule has 0 fully saturated rings. The third-order valence-electron chi connectivity index (χ3n) is 4.40. The summed E-state index contributed by atoms with van der Waals surface area (Å²) in [5, 5.41) is 0. The van der Waals surface area contributed by atoms with Crippen molar-refractivity contribution in [3.05, 3.63) is 12.7 Å². The van der Waals surface area contributed by atoms with E-state index in [1.54, 1.807) is 6.04 Å². The van der Waals surface area contributed by atoms with Gasteiger partial charge >= 0.3 is 0 Å². The summed E-state index contributed by atoms with van der Waals surface area (Å²) in [6.07, 6.45) is 6.07. The molecule has 0 aromatic heterocycles. The molecular weight excluding hydrogens is 228 g/mol. The average Bonchev–Trinajstić information content (AvgIpc) is 2.12. The largest absolute Gasteiger partial charge is 0.103 e. The monoisotopic (exact) mass is 257 g/mol. The predicted octanol–water partition coefficient (Wildman–Crippen LogP) is 4.67. The van der Waals surface area contributed by atoms with E-state index >= 15 is 0 Å². The van der Waals surface area contributed by atoms with Crippen molar-refractivity contribution in [1.82, 2.24) is 0 Å². The molecule has 0 unspecified atom stereocenters. The smallest absolute Gasteiger partial charge is 0.0384 e. The maximum Gasteiger partial charge on any atom is 0.0384 e. The normalized spacial score (nSPS) is 13.3. The third-order valence-corrected chi connectivity index (χ3v) is 40.9. The second kappa shape index (κ2) is 6.21. The summed E-state index contributed by atoms with van der Waals surface area (Å²) in [5.41, 5.74) is 0. The van der Waals surface area contributed by atoms with Crippen LogP contribution in [0.5, 0.6) is 0 Å². The van der Waals surface area contributed by atoms with Gasteiger partial charge in [0.05, 0.1) is 0 Å². The molecule has 89 valence electrons. The van der Waals surface area contributed by atoms with Crippen molar-refractivity contribution in [3.8, 4) is 0 Å². The van der Waals surface area contributed by atoms with Crippen LogP contribution in [0.4, 0.5) is 0 Å². The van der Waals surface area contributed by atoms with Crippen LogP contribution in [0.3, 0.4) is 0 Å². The molecule has 0 aliphatic heterocycles. The average molecular weight is 258 g/mol. The molecule has 0 amide bonds. The van der Waals surface area contributed by atoms with E-state index in [4.69, 9.17) is 0 Å². The van der Waals surface area contributed by atoms with Crippen LogP contribution in [0.2, 0.25) is 45.3 Å². The van der Waals surface area contributed by atoms with Gasteiger partial charge in [-0.2, -0.15) is 0 Å². The maximum absolute atomic E-state index is 3.80. The second-order valence-corrected chi connectivity index (χ2v) is 31.6. The van der Waals surface area contributed by atoms with Gasteiger partial charge in [-0.15, -0.1) is 6.58 Å². The zero-order valence-corrected chi connectivity index (χ0v) is 14.6. The fourth-order valence-electron chi connectivity index (χ4n) is 1.84. The Kier molecular flexibility index (Phi) is 6.37. The van der Waals surface area contributed by atoms with Crippen LogP contribution in [0.15, 0.2) is 12.7 Å². The lowest BCUT2D eigenvalue weighted by Gasteiger charge is -2.41. The Hall–Kier alpha value is 0.391. The first-order valence-electron chi connectivity index (χ1n) is 6.17. The fraction of sp³-hybridized carbons (Fsp3) is 0.833. The topological polar surface area (TPSA) is 0 Å². The minimum atomic E-state index is -0.894. The van der Waals surface area contributed by atoms with E-state index in [0.29, 0.717) is 0 Å². The molecule has 0 nitrogen and oxygen atoms in total. The zero-order valence-electron chi connectivity index (χ0n) is 11.6. The minimum absolute atomic E-state index is 0.0294. The van der Waals surface area contributed by atoms with Gasteiger partial charge in [0.1, 0.15) is 0 Å². The molecule has 15 heavy (non-hydrogen) atoms. The number of hydrogen-bond donors (Lipinski definition) is 0. The number of hydrogen-bond acceptors (Lipinski definition) is 0. The SMILES string of the molecule is C=CCCCC[Si](C)(C)[Si](C)(C)[Si](C)C. The van der Waals surface area contributed by atoms with E-state index in [2.05, 4.69) is 51.9 Å². The number of allylic oxidation sites excluding steroid dienone is 1. The van der Waals surface area contributed by atoms with E-state index in [1.807, 2.05) is 0 Å². The van der Waals surface area contributed by atoms with Crippen molar-refractivity contribution in [2.75, 3.05) is 0 Å². The lowest BCUT2D eigenvalue weighted by molar-refractivity contribution is 0.806. The molecule has 0 saturated carbocycles. The summed E-state index contributed by atoms with van der Waals surface area (Å²) < 4.78 is 0. The molecule has 0 aliphatic rings. The molecule has 0 saturated heterocycles. The van der Waals surface area contributed by atoms with Gasteiger partial charge in [-0.3, -0.25) is 0 Å². The van der Waals surface area contributed by atoms with Crippen LogP contribution in [-0.2, 0) is 0 Å². The molecular formula is C12H29Si3. The van der Waals surface area contributed by atoms with Gasteiger partial charge in [-0.05, 0) is 6.42 Å². The van der Waals surface area contributed by atoms with Crippen molar-refractivity contribution in [3.63, 3.8) is 0 Å². The van der Waals surface area contributed by atoms with Crippen molar-refractivity contribution >= 4 is 23.0 Å². The van der Waals surface area contributed by atoms with Crippen molar-refractivity contribution < 1.29 is 0 Å².